The lowest BCUT2D eigenvalue weighted by Crippen LogP contribution is -2.49. The quantitative estimate of drug-likeness (QED) is 0.787. The largest absolute Gasteiger partial charge is 0.381 e. The topological polar surface area (TPSA) is 53.6 Å². The number of carbonyl (C=O) groups is 1. The van der Waals surface area contributed by atoms with Gasteiger partial charge in [-0.15, -0.1) is 12.4 Å². The molecule has 0 aromatic heterocycles. The minimum absolute atomic E-state index is 0. The highest BCUT2D eigenvalue weighted by atomic mass is 35.5. The second-order valence-corrected chi connectivity index (χ2v) is 5.32. The van der Waals surface area contributed by atoms with Crippen LogP contribution in [0.3, 0.4) is 0 Å². The summed E-state index contributed by atoms with van der Waals surface area (Å²) in [6, 6.07) is 0.853. The molecule has 2 heterocycles. The number of amides is 1. The van der Waals surface area contributed by atoms with Crippen LogP contribution in [0.15, 0.2) is 0 Å². The fourth-order valence-corrected chi connectivity index (χ4v) is 2.75. The molecule has 0 aromatic carbocycles. The molecule has 2 N–H and O–H groups in total. The maximum Gasteiger partial charge on any atom is 0.234 e. The number of hydrogen-bond donors (Lipinski definition) is 2. The van der Waals surface area contributed by atoms with Gasteiger partial charge in [0.1, 0.15) is 0 Å². The normalized spacial score (nSPS) is 25.6. The monoisotopic (exact) mass is 291 g/mol. The Balaban J connectivity index is 0.00000180. The van der Waals surface area contributed by atoms with Gasteiger partial charge in [0.2, 0.25) is 5.91 Å². The zero-order valence-electron chi connectivity index (χ0n) is 11.7. The molecule has 2 aliphatic heterocycles. The Bertz CT molecular complexity index is 273. The number of nitrogens with one attached hydrogen (secondary N) is 2. The van der Waals surface area contributed by atoms with E-state index in [1.807, 2.05) is 7.05 Å². The third-order valence-corrected chi connectivity index (χ3v) is 3.87. The maximum absolute atomic E-state index is 12.0. The van der Waals surface area contributed by atoms with Gasteiger partial charge in [0.15, 0.2) is 0 Å². The van der Waals surface area contributed by atoms with Gasteiger partial charge in [-0.3, -0.25) is 9.69 Å². The number of nitrogens with zero attached hydrogens (tertiary/aromatic N) is 1. The van der Waals surface area contributed by atoms with Gasteiger partial charge in [-0.25, -0.2) is 0 Å². The molecule has 0 saturated carbocycles. The fraction of sp³-hybridized carbons (Fsp3) is 0.923. The molecule has 0 bridgehead atoms. The highest BCUT2D eigenvalue weighted by molar-refractivity contribution is 5.85. The lowest BCUT2D eigenvalue weighted by molar-refractivity contribution is -0.123. The first-order valence-electron chi connectivity index (χ1n) is 7.04. The van der Waals surface area contributed by atoms with Gasteiger partial charge < -0.3 is 15.4 Å². The number of carbonyl (C=O) groups excluding carboxylic acids is 1. The second-order valence-electron chi connectivity index (χ2n) is 5.32. The molecular formula is C13H26ClN3O2. The summed E-state index contributed by atoms with van der Waals surface area (Å²) < 4.78 is 5.29. The van der Waals surface area contributed by atoms with Crippen molar-refractivity contribution >= 4 is 18.3 Å². The Morgan fingerprint density at radius 3 is 2.68 bits per heavy atom. The third kappa shape index (κ3) is 5.65. The summed E-state index contributed by atoms with van der Waals surface area (Å²) in [5.74, 6) is 0.165. The van der Waals surface area contributed by atoms with Crippen molar-refractivity contribution in [1.29, 1.82) is 0 Å². The third-order valence-electron chi connectivity index (χ3n) is 3.87. The van der Waals surface area contributed by atoms with Crippen molar-refractivity contribution in [1.82, 2.24) is 15.5 Å². The first-order chi connectivity index (χ1) is 8.78. The van der Waals surface area contributed by atoms with E-state index in [0.717, 1.165) is 39.1 Å². The van der Waals surface area contributed by atoms with Crippen molar-refractivity contribution in [2.75, 3.05) is 39.9 Å². The van der Waals surface area contributed by atoms with E-state index in [0.29, 0.717) is 18.6 Å². The van der Waals surface area contributed by atoms with E-state index >= 15 is 0 Å². The summed E-state index contributed by atoms with van der Waals surface area (Å²) in [5, 5.41) is 6.42. The van der Waals surface area contributed by atoms with E-state index in [1.54, 1.807) is 0 Å². The molecule has 2 saturated heterocycles. The summed E-state index contributed by atoms with van der Waals surface area (Å²) in [6.07, 6.45) is 4.29. The van der Waals surface area contributed by atoms with Gasteiger partial charge in [-0.1, -0.05) is 0 Å². The van der Waals surface area contributed by atoms with Crippen LogP contribution in [0.2, 0.25) is 0 Å². The Hall–Kier alpha value is -0.360. The predicted molar refractivity (Wildman–Crippen MR) is 77.8 cm³/mol. The molecule has 0 spiro atoms. The summed E-state index contributed by atoms with van der Waals surface area (Å²) in [4.78, 5) is 14.2. The second kappa shape index (κ2) is 8.74. The van der Waals surface area contributed by atoms with Crippen LogP contribution in [0.1, 0.15) is 25.7 Å². The molecular weight excluding hydrogens is 266 g/mol. The lowest BCUT2D eigenvalue weighted by atomic mass is 10.1. The molecule has 0 radical (unpaired) electrons. The summed E-state index contributed by atoms with van der Waals surface area (Å²) in [5.41, 5.74) is 0. The van der Waals surface area contributed by atoms with E-state index in [-0.39, 0.29) is 18.3 Å². The fourth-order valence-electron chi connectivity index (χ4n) is 2.75. The molecule has 1 unspecified atom stereocenters. The molecule has 6 heteroatoms. The Morgan fingerprint density at radius 2 is 2.00 bits per heavy atom. The minimum Gasteiger partial charge on any atom is -0.381 e. The van der Waals surface area contributed by atoms with Crippen LogP contribution >= 0.6 is 12.4 Å². The molecule has 0 aromatic rings. The lowest BCUT2D eigenvalue weighted by Gasteiger charge is -2.32. The number of likely N-dealkylation sites (N-methyl/N-ethyl adjacent to an activating group) is 1. The van der Waals surface area contributed by atoms with Crippen LogP contribution < -0.4 is 10.6 Å². The van der Waals surface area contributed by atoms with Crippen molar-refractivity contribution in [3.63, 3.8) is 0 Å². The highest BCUT2D eigenvalue weighted by Gasteiger charge is 2.22. The van der Waals surface area contributed by atoms with Crippen LogP contribution in [-0.2, 0) is 9.53 Å². The number of likely N-dealkylation sites (tertiary alicyclic amines) is 1. The highest BCUT2D eigenvalue weighted by Crippen LogP contribution is 2.10. The van der Waals surface area contributed by atoms with Gasteiger partial charge in [0.25, 0.3) is 0 Å². The molecule has 0 aliphatic carbocycles. The first kappa shape index (κ1) is 16.7. The van der Waals surface area contributed by atoms with E-state index in [2.05, 4.69) is 15.5 Å². The zero-order chi connectivity index (χ0) is 12.8. The first-order valence-corrected chi connectivity index (χ1v) is 7.04. The van der Waals surface area contributed by atoms with E-state index in [9.17, 15) is 4.79 Å². The van der Waals surface area contributed by atoms with Gasteiger partial charge in [0.05, 0.1) is 6.54 Å². The number of ether oxygens (including phenoxy) is 1. The average molecular weight is 292 g/mol. The van der Waals surface area contributed by atoms with E-state index in [1.165, 1.54) is 12.8 Å². The van der Waals surface area contributed by atoms with E-state index < -0.39 is 0 Å². The number of rotatable bonds is 4. The van der Waals surface area contributed by atoms with E-state index in [4.69, 9.17) is 4.74 Å². The predicted octanol–water partition coefficient (Wildman–Crippen LogP) is 0.387. The number of piperidine rings is 1. The average Bonchev–Trinajstić information content (AvgIpc) is 2.40. The zero-order valence-corrected chi connectivity index (χ0v) is 12.5. The molecule has 19 heavy (non-hydrogen) atoms. The van der Waals surface area contributed by atoms with Crippen molar-refractivity contribution in [2.24, 2.45) is 0 Å². The smallest absolute Gasteiger partial charge is 0.234 e. The number of hydrogen-bond acceptors (Lipinski definition) is 4. The maximum atomic E-state index is 12.0. The van der Waals surface area contributed by atoms with Gasteiger partial charge >= 0.3 is 0 Å². The molecule has 112 valence electrons. The van der Waals surface area contributed by atoms with Gasteiger partial charge in [-0.2, -0.15) is 0 Å². The van der Waals surface area contributed by atoms with Crippen molar-refractivity contribution in [3.8, 4) is 0 Å². The molecule has 2 aliphatic rings. The van der Waals surface area contributed by atoms with Crippen LogP contribution in [0.4, 0.5) is 0 Å². The Labute approximate surface area is 121 Å². The van der Waals surface area contributed by atoms with Crippen LogP contribution in [0.5, 0.6) is 0 Å². The summed E-state index contributed by atoms with van der Waals surface area (Å²) in [7, 11) is 2.00. The Morgan fingerprint density at radius 1 is 1.26 bits per heavy atom. The van der Waals surface area contributed by atoms with Crippen LogP contribution in [0, 0.1) is 0 Å². The van der Waals surface area contributed by atoms with Crippen LogP contribution in [0.25, 0.3) is 0 Å². The molecule has 1 atom stereocenters. The Kier molecular flexibility index (Phi) is 7.68. The molecule has 1 amide bonds. The summed E-state index contributed by atoms with van der Waals surface area (Å²) in [6.45, 7) is 4.11. The van der Waals surface area contributed by atoms with Crippen molar-refractivity contribution in [3.05, 3.63) is 0 Å². The van der Waals surface area contributed by atoms with Crippen molar-refractivity contribution in [2.45, 2.75) is 37.8 Å². The molecule has 5 nitrogen and oxygen atoms in total. The SMILES string of the molecule is CNC1CCCN(CC(=O)NC2CCOCC2)C1.Cl. The standard InChI is InChI=1S/C13H25N3O2.ClH/c1-14-12-3-2-6-16(9-12)10-13(17)15-11-4-7-18-8-5-11;/h11-12,14H,2-10H2,1H3,(H,15,17);1H. The van der Waals surface area contributed by atoms with Crippen LogP contribution in [-0.4, -0.2) is 62.8 Å². The molecule has 2 rings (SSSR count). The minimum atomic E-state index is 0. The number of halogens is 1. The van der Waals surface area contributed by atoms with Crippen molar-refractivity contribution < 1.29 is 9.53 Å². The van der Waals surface area contributed by atoms with Gasteiger partial charge in [0, 0.05) is 31.8 Å². The van der Waals surface area contributed by atoms with Gasteiger partial charge in [-0.05, 0) is 39.3 Å². The molecule has 2 fully saturated rings. The summed E-state index contributed by atoms with van der Waals surface area (Å²) >= 11 is 0.